The molecule has 0 spiro atoms. The second-order valence-electron chi connectivity index (χ2n) is 7.96. The third-order valence-corrected chi connectivity index (χ3v) is 8.13. The summed E-state index contributed by atoms with van der Waals surface area (Å²) in [5.74, 6) is 2.59. The van der Waals surface area contributed by atoms with Crippen molar-refractivity contribution in [1.82, 2.24) is 10.2 Å². The van der Waals surface area contributed by atoms with Crippen molar-refractivity contribution in [2.24, 2.45) is 10.7 Å². The molecule has 2 aliphatic heterocycles. The van der Waals surface area contributed by atoms with Crippen LogP contribution in [0.1, 0.15) is 28.2 Å². The summed E-state index contributed by atoms with van der Waals surface area (Å²) in [6.45, 7) is 2.91. The lowest BCUT2D eigenvalue weighted by atomic mass is 9.82. The summed E-state index contributed by atoms with van der Waals surface area (Å²) < 4.78 is 12.5. The van der Waals surface area contributed by atoms with Crippen molar-refractivity contribution in [3.05, 3.63) is 76.2 Å². The second kappa shape index (κ2) is 9.49. The van der Waals surface area contributed by atoms with Gasteiger partial charge in [-0.05, 0) is 18.6 Å². The van der Waals surface area contributed by atoms with E-state index in [0.29, 0.717) is 11.5 Å². The number of hydrogen-bond acceptors (Lipinski definition) is 8. The molecule has 0 fully saturated rings. The van der Waals surface area contributed by atoms with Crippen molar-refractivity contribution in [1.29, 1.82) is 5.26 Å². The van der Waals surface area contributed by atoms with E-state index < -0.39 is 5.92 Å². The highest BCUT2D eigenvalue weighted by Crippen LogP contribution is 2.46. The molecule has 0 unspecified atom stereocenters. The number of aromatic amines is 1. The van der Waals surface area contributed by atoms with Crippen molar-refractivity contribution < 1.29 is 9.47 Å². The predicted molar refractivity (Wildman–Crippen MR) is 137 cm³/mol. The Labute approximate surface area is 206 Å². The number of nitrogens with two attached hydrogens (primary N) is 1. The number of thioether (sulfide) groups is 2. The number of ether oxygens (including phenoxy) is 2. The van der Waals surface area contributed by atoms with Crippen LogP contribution in [0.3, 0.4) is 0 Å². The Morgan fingerprint density at radius 1 is 1.29 bits per heavy atom. The molecule has 0 saturated heterocycles. The largest absolute Gasteiger partial charge is 0.496 e. The fourth-order valence-electron chi connectivity index (χ4n) is 4.15. The molecule has 172 valence electrons. The highest BCUT2D eigenvalue weighted by molar-refractivity contribution is 8.38. The van der Waals surface area contributed by atoms with Gasteiger partial charge in [-0.2, -0.15) is 5.26 Å². The van der Waals surface area contributed by atoms with E-state index in [-0.39, 0.29) is 5.88 Å². The monoisotopic (exact) mass is 489 g/mol. The highest BCUT2D eigenvalue weighted by Gasteiger charge is 2.36. The molecular weight excluding hydrogens is 466 g/mol. The first-order valence-electron chi connectivity index (χ1n) is 10.8. The van der Waals surface area contributed by atoms with Gasteiger partial charge in [-0.1, -0.05) is 65.5 Å². The van der Waals surface area contributed by atoms with Crippen LogP contribution in [0.5, 0.6) is 11.6 Å². The summed E-state index contributed by atoms with van der Waals surface area (Å²) in [7, 11) is 1.67. The van der Waals surface area contributed by atoms with E-state index in [1.807, 2.05) is 43.3 Å². The molecule has 0 amide bonds. The number of H-pyrrole nitrogens is 1. The first-order valence-corrected chi connectivity index (χ1v) is 12.8. The highest BCUT2D eigenvalue weighted by atomic mass is 32.2. The number of nitriles is 1. The molecule has 2 aromatic carbocycles. The molecular formula is C25H23N5O2S2. The first kappa shape index (κ1) is 22.4. The Balaban J connectivity index is 1.60. The van der Waals surface area contributed by atoms with Crippen LogP contribution in [0.25, 0.3) is 11.3 Å². The number of aryl methyl sites for hydroxylation is 1. The maximum atomic E-state index is 10.0. The maximum absolute atomic E-state index is 10.0. The van der Waals surface area contributed by atoms with E-state index in [0.717, 1.165) is 61.7 Å². The van der Waals surface area contributed by atoms with Crippen LogP contribution < -0.4 is 15.2 Å². The summed E-state index contributed by atoms with van der Waals surface area (Å²) in [5, 5.41) is 17.5. The summed E-state index contributed by atoms with van der Waals surface area (Å²) in [6.07, 6.45) is 0. The quantitative estimate of drug-likeness (QED) is 0.522. The minimum atomic E-state index is -0.420. The second-order valence-corrected chi connectivity index (χ2v) is 10.3. The zero-order chi connectivity index (χ0) is 23.7. The topological polar surface area (TPSA) is 109 Å². The van der Waals surface area contributed by atoms with Gasteiger partial charge in [0.05, 0.1) is 30.8 Å². The van der Waals surface area contributed by atoms with Gasteiger partial charge in [-0.25, -0.2) is 0 Å². The number of methoxy groups -OCH3 is 1. The SMILES string of the molecule is COc1ccc([C@@H]2C(C#N)=C(N)Oc3n[nH]c(-c4ccc(C)cc4)c32)cc1CSC1=NCCS1. The lowest BCUT2D eigenvalue weighted by Gasteiger charge is -2.25. The first-order chi connectivity index (χ1) is 16.6. The standard InChI is InChI=1S/C25H23N5O2S2/c1-14-3-5-15(6-4-14)22-21-20(18(12-26)23(27)32-24(21)30-29-22)16-7-8-19(31-2)17(11-16)13-34-25-28-9-10-33-25/h3-8,11,20H,9-10,13,27H2,1-2H3,(H,29,30)/t20-/m1/s1. The van der Waals surface area contributed by atoms with E-state index >= 15 is 0 Å². The van der Waals surface area contributed by atoms with Crippen molar-refractivity contribution >= 4 is 27.9 Å². The smallest absolute Gasteiger partial charge is 0.244 e. The number of aromatic nitrogens is 2. The zero-order valence-electron chi connectivity index (χ0n) is 18.8. The molecule has 1 atom stereocenters. The van der Waals surface area contributed by atoms with Gasteiger partial charge >= 0.3 is 0 Å². The van der Waals surface area contributed by atoms with Crippen LogP contribution in [-0.2, 0) is 5.75 Å². The molecule has 1 aromatic heterocycles. The Bertz CT molecular complexity index is 1340. The summed E-state index contributed by atoms with van der Waals surface area (Å²) >= 11 is 3.49. The Hall–Kier alpha value is -3.35. The number of nitrogens with one attached hydrogen (secondary N) is 1. The van der Waals surface area contributed by atoms with E-state index in [1.54, 1.807) is 30.6 Å². The Morgan fingerprint density at radius 2 is 2.12 bits per heavy atom. The molecule has 7 nitrogen and oxygen atoms in total. The summed E-state index contributed by atoms with van der Waals surface area (Å²) in [6, 6.07) is 16.4. The summed E-state index contributed by atoms with van der Waals surface area (Å²) in [4.78, 5) is 4.53. The summed E-state index contributed by atoms with van der Waals surface area (Å²) in [5.41, 5.74) is 12.2. The number of allylic oxidation sites excluding steroid dienone is 1. The van der Waals surface area contributed by atoms with Gasteiger partial charge in [0.2, 0.25) is 11.8 Å². The normalized spacial score (nSPS) is 17.1. The Kier molecular flexibility index (Phi) is 6.26. The zero-order valence-corrected chi connectivity index (χ0v) is 20.4. The third kappa shape index (κ3) is 4.15. The number of rotatable bonds is 5. The molecule has 3 heterocycles. The average molecular weight is 490 g/mol. The van der Waals surface area contributed by atoms with E-state index in [2.05, 4.69) is 27.3 Å². The van der Waals surface area contributed by atoms with Gasteiger partial charge < -0.3 is 15.2 Å². The number of aliphatic imine (C=N–C) groups is 1. The molecule has 9 heteroatoms. The van der Waals surface area contributed by atoms with Crippen LogP contribution in [0.2, 0.25) is 0 Å². The average Bonchev–Trinajstić information content (AvgIpc) is 3.52. The fraction of sp³-hybridized carbons (Fsp3) is 0.240. The minimum Gasteiger partial charge on any atom is -0.496 e. The van der Waals surface area contributed by atoms with E-state index in [9.17, 15) is 5.26 Å². The Morgan fingerprint density at radius 3 is 2.82 bits per heavy atom. The number of nitrogens with zero attached hydrogens (tertiary/aromatic N) is 3. The van der Waals surface area contributed by atoms with Gasteiger partial charge in [-0.3, -0.25) is 10.1 Å². The van der Waals surface area contributed by atoms with Crippen molar-refractivity contribution in [3.63, 3.8) is 0 Å². The van der Waals surface area contributed by atoms with Crippen LogP contribution in [0.4, 0.5) is 0 Å². The fourth-order valence-corrected chi connectivity index (χ4v) is 6.14. The molecule has 3 N–H and O–H groups in total. The molecule has 2 aliphatic rings. The van der Waals surface area contributed by atoms with Gasteiger partial charge in [0.25, 0.3) is 0 Å². The maximum Gasteiger partial charge on any atom is 0.244 e. The minimum absolute atomic E-state index is 0.0745. The molecule has 5 rings (SSSR count). The number of benzene rings is 2. The van der Waals surface area contributed by atoms with Gasteiger partial charge in [0.1, 0.15) is 21.8 Å². The van der Waals surface area contributed by atoms with Crippen LogP contribution in [0, 0.1) is 18.3 Å². The van der Waals surface area contributed by atoms with Crippen LogP contribution in [0.15, 0.2) is 58.9 Å². The van der Waals surface area contributed by atoms with E-state index in [1.165, 1.54) is 0 Å². The van der Waals surface area contributed by atoms with Crippen molar-refractivity contribution in [2.45, 2.75) is 18.6 Å². The van der Waals surface area contributed by atoms with Crippen LogP contribution >= 0.6 is 23.5 Å². The van der Waals surface area contributed by atoms with Gasteiger partial charge in [-0.15, -0.1) is 5.10 Å². The molecule has 0 saturated carbocycles. The third-order valence-electron chi connectivity index (χ3n) is 5.83. The van der Waals surface area contributed by atoms with E-state index in [4.69, 9.17) is 15.2 Å². The molecule has 3 aromatic rings. The lowest BCUT2D eigenvalue weighted by Crippen LogP contribution is -2.21. The van der Waals surface area contributed by atoms with Gasteiger partial charge in [0.15, 0.2) is 0 Å². The van der Waals surface area contributed by atoms with Crippen LogP contribution in [-0.4, -0.2) is 34.0 Å². The predicted octanol–water partition coefficient (Wildman–Crippen LogP) is 4.95. The number of hydrogen-bond donors (Lipinski definition) is 2. The van der Waals surface area contributed by atoms with Gasteiger partial charge in [0, 0.05) is 22.6 Å². The molecule has 0 aliphatic carbocycles. The molecule has 0 radical (unpaired) electrons. The van der Waals surface area contributed by atoms with Crippen molar-refractivity contribution in [3.8, 4) is 29.0 Å². The van der Waals surface area contributed by atoms with Crippen molar-refractivity contribution in [2.75, 3.05) is 19.4 Å². The lowest BCUT2D eigenvalue weighted by molar-refractivity contribution is 0.379. The number of fused-ring (bicyclic) bond motifs is 1. The molecule has 34 heavy (non-hydrogen) atoms. The molecule has 0 bridgehead atoms.